The third-order valence-electron chi connectivity index (χ3n) is 4.59. The molecular formula is C17H23ClN4O2S. The summed E-state index contributed by atoms with van der Waals surface area (Å²) in [6.07, 6.45) is 4.53. The van der Waals surface area contributed by atoms with Gasteiger partial charge in [0.2, 0.25) is 10.0 Å². The summed E-state index contributed by atoms with van der Waals surface area (Å²) in [4.78, 5) is 2.60. The molecule has 8 heteroatoms. The zero-order valence-corrected chi connectivity index (χ0v) is 15.9. The molecule has 0 unspecified atom stereocenters. The molecule has 1 aromatic carbocycles. The van der Waals surface area contributed by atoms with Crippen molar-refractivity contribution >= 4 is 21.6 Å². The number of sulfonamides is 1. The monoisotopic (exact) mass is 382 g/mol. The number of benzene rings is 1. The first kappa shape index (κ1) is 18.4. The molecule has 0 aliphatic carbocycles. The largest absolute Gasteiger partial charge is 0.300 e. The summed E-state index contributed by atoms with van der Waals surface area (Å²) in [5.41, 5.74) is 0.615. The van der Waals surface area contributed by atoms with E-state index in [-0.39, 0.29) is 0 Å². The number of rotatable bonds is 5. The number of aromatic nitrogens is 2. The molecule has 3 rings (SSSR count). The van der Waals surface area contributed by atoms with Gasteiger partial charge in [-0.05, 0) is 43.7 Å². The summed E-state index contributed by atoms with van der Waals surface area (Å²) in [5.74, 6) is 0. The highest BCUT2D eigenvalue weighted by molar-refractivity contribution is 7.89. The molecule has 0 spiro atoms. The molecule has 1 aliphatic heterocycles. The van der Waals surface area contributed by atoms with E-state index < -0.39 is 10.0 Å². The number of halogens is 1. The van der Waals surface area contributed by atoms with Gasteiger partial charge in [-0.15, -0.1) is 0 Å². The molecule has 0 saturated carbocycles. The fourth-order valence-corrected chi connectivity index (χ4v) is 5.04. The quantitative estimate of drug-likeness (QED) is 0.795. The maximum Gasteiger partial charge on any atom is 0.243 e. The Labute approximate surface area is 154 Å². The van der Waals surface area contributed by atoms with Crippen LogP contribution in [0.25, 0.3) is 0 Å². The zero-order valence-electron chi connectivity index (χ0n) is 14.3. The van der Waals surface area contributed by atoms with Crippen LogP contribution in [-0.2, 0) is 16.6 Å². The van der Waals surface area contributed by atoms with Crippen molar-refractivity contribution in [3.05, 3.63) is 47.2 Å². The molecule has 0 amide bonds. The molecule has 0 atom stereocenters. The predicted octanol–water partition coefficient (Wildman–Crippen LogP) is 2.24. The van der Waals surface area contributed by atoms with Crippen molar-refractivity contribution in [3.63, 3.8) is 0 Å². The van der Waals surface area contributed by atoms with Gasteiger partial charge in [-0.1, -0.05) is 17.7 Å². The Morgan fingerprint density at radius 3 is 2.72 bits per heavy atom. The molecule has 0 radical (unpaired) electrons. The van der Waals surface area contributed by atoms with Crippen LogP contribution in [0, 0.1) is 6.92 Å². The molecule has 6 nitrogen and oxygen atoms in total. The Morgan fingerprint density at radius 1 is 1.12 bits per heavy atom. The topological polar surface area (TPSA) is 58.4 Å². The Bertz CT molecular complexity index is 808. The molecule has 136 valence electrons. The number of hydrogen-bond acceptors (Lipinski definition) is 4. The van der Waals surface area contributed by atoms with E-state index >= 15 is 0 Å². The third-order valence-corrected chi connectivity index (χ3v) is 7.04. The second-order valence-corrected chi connectivity index (χ2v) is 8.54. The molecule has 0 N–H and O–H groups in total. The summed E-state index contributed by atoms with van der Waals surface area (Å²) in [6.45, 7) is 6.07. The van der Waals surface area contributed by atoms with Crippen molar-refractivity contribution in [2.75, 3.05) is 32.7 Å². The van der Waals surface area contributed by atoms with Gasteiger partial charge in [-0.25, -0.2) is 8.42 Å². The van der Waals surface area contributed by atoms with Crippen LogP contribution in [0.3, 0.4) is 0 Å². The molecule has 1 aliphatic rings. The second-order valence-electron chi connectivity index (χ2n) is 6.23. The predicted molar refractivity (Wildman–Crippen MR) is 98.2 cm³/mol. The Kier molecular flexibility index (Phi) is 5.78. The maximum absolute atomic E-state index is 13.0. The summed E-state index contributed by atoms with van der Waals surface area (Å²) in [7, 11) is -3.52. The van der Waals surface area contributed by atoms with Gasteiger partial charge in [0.1, 0.15) is 0 Å². The molecule has 1 saturated heterocycles. The minimum absolute atomic E-state index is 0.310. The maximum atomic E-state index is 13.0. The normalized spacial score (nSPS) is 17.5. The first-order chi connectivity index (χ1) is 12.0. The highest BCUT2D eigenvalue weighted by Gasteiger charge is 2.28. The lowest BCUT2D eigenvalue weighted by molar-refractivity contribution is 0.270. The molecule has 1 aromatic heterocycles. The number of hydrogen-bond donors (Lipinski definition) is 0. The molecular weight excluding hydrogens is 360 g/mol. The Morgan fingerprint density at radius 2 is 1.96 bits per heavy atom. The van der Waals surface area contributed by atoms with Crippen LogP contribution >= 0.6 is 11.6 Å². The molecule has 2 aromatic rings. The van der Waals surface area contributed by atoms with Crippen molar-refractivity contribution in [3.8, 4) is 0 Å². The lowest BCUT2D eigenvalue weighted by Crippen LogP contribution is -2.36. The molecule has 2 heterocycles. The third kappa shape index (κ3) is 4.23. The van der Waals surface area contributed by atoms with E-state index in [1.54, 1.807) is 35.6 Å². The van der Waals surface area contributed by atoms with Crippen LogP contribution in [0.15, 0.2) is 41.6 Å². The average Bonchev–Trinajstić information content (AvgIpc) is 2.99. The standard InChI is InChI=1S/C17H23ClN4O2S/c1-15-16(18)5-2-6-17(15)25(23,24)22-10-4-8-20(12-14-22)11-13-21-9-3-7-19-21/h2-3,5-7,9H,4,8,10-14H2,1H3. The fraction of sp³-hybridized carbons (Fsp3) is 0.471. The van der Waals surface area contributed by atoms with Gasteiger partial charge in [0, 0.05) is 43.6 Å². The van der Waals surface area contributed by atoms with Crippen LogP contribution in [-0.4, -0.2) is 60.1 Å². The number of nitrogens with zero attached hydrogens (tertiary/aromatic N) is 4. The van der Waals surface area contributed by atoms with Crippen molar-refractivity contribution in [2.24, 2.45) is 0 Å². The first-order valence-corrected chi connectivity index (χ1v) is 10.3. The van der Waals surface area contributed by atoms with E-state index in [0.717, 1.165) is 32.6 Å². The minimum atomic E-state index is -3.52. The molecule has 25 heavy (non-hydrogen) atoms. The van der Waals surface area contributed by atoms with Gasteiger partial charge in [0.05, 0.1) is 11.4 Å². The second kappa shape index (κ2) is 7.86. The minimum Gasteiger partial charge on any atom is -0.300 e. The van der Waals surface area contributed by atoms with Crippen molar-refractivity contribution in [1.82, 2.24) is 19.0 Å². The van der Waals surface area contributed by atoms with Gasteiger partial charge in [-0.2, -0.15) is 9.40 Å². The van der Waals surface area contributed by atoms with Crippen LogP contribution < -0.4 is 0 Å². The van der Waals surface area contributed by atoms with Gasteiger partial charge in [0.25, 0.3) is 0 Å². The van der Waals surface area contributed by atoms with Crippen molar-refractivity contribution < 1.29 is 8.42 Å². The van der Waals surface area contributed by atoms with Gasteiger partial charge in [0.15, 0.2) is 0 Å². The Hall–Kier alpha value is -1.41. The summed E-state index contributed by atoms with van der Waals surface area (Å²) >= 11 is 6.10. The van der Waals surface area contributed by atoms with E-state index in [9.17, 15) is 8.42 Å². The first-order valence-electron chi connectivity index (χ1n) is 8.43. The van der Waals surface area contributed by atoms with Crippen LogP contribution in [0.5, 0.6) is 0 Å². The average molecular weight is 383 g/mol. The van der Waals surface area contributed by atoms with Crippen LogP contribution in [0.1, 0.15) is 12.0 Å². The van der Waals surface area contributed by atoms with Gasteiger partial charge < -0.3 is 4.90 Å². The van der Waals surface area contributed by atoms with E-state index in [1.165, 1.54) is 0 Å². The lowest BCUT2D eigenvalue weighted by Gasteiger charge is -2.22. The van der Waals surface area contributed by atoms with E-state index in [0.29, 0.717) is 28.6 Å². The van der Waals surface area contributed by atoms with Gasteiger partial charge >= 0.3 is 0 Å². The van der Waals surface area contributed by atoms with E-state index in [4.69, 9.17) is 11.6 Å². The molecule has 0 bridgehead atoms. The van der Waals surface area contributed by atoms with E-state index in [2.05, 4.69) is 10.00 Å². The summed E-state index contributed by atoms with van der Waals surface area (Å²) < 4.78 is 29.5. The fourth-order valence-electron chi connectivity index (χ4n) is 3.09. The van der Waals surface area contributed by atoms with Crippen molar-refractivity contribution in [2.45, 2.75) is 24.8 Å². The zero-order chi connectivity index (χ0) is 17.9. The highest BCUT2D eigenvalue weighted by atomic mass is 35.5. The summed E-state index contributed by atoms with van der Waals surface area (Å²) in [6, 6.07) is 6.95. The summed E-state index contributed by atoms with van der Waals surface area (Å²) in [5, 5.41) is 4.69. The van der Waals surface area contributed by atoms with E-state index in [1.807, 2.05) is 16.9 Å². The smallest absolute Gasteiger partial charge is 0.243 e. The SMILES string of the molecule is Cc1c(Cl)cccc1S(=O)(=O)N1CCCN(CCn2cccn2)CC1. The Balaban J connectivity index is 1.66. The highest BCUT2D eigenvalue weighted by Crippen LogP contribution is 2.26. The van der Waals surface area contributed by atoms with Gasteiger partial charge in [-0.3, -0.25) is 4.68 Å². The lowest BCUT2D eigenvalue weighted by atomic mass is 10.2. The molecule has 1 fully saturated rings. The van der Waals surface area contributed by atoms with Crippen LogP contribution in [0.4, 0.5) is 0 Å². The van der Waals surface area contributed by atoms with Crippen LogP contribution in [0.2, 0.25) is 5.02 Å². The van der Waals surface area contributed by atoms with Crippen molar-refractivity contribution in [1.29, 1.82) is 0 Å².